The van der Waals surface area contributed by atoms with Crippen molar-refractivity contribution >= 4 is 17.7 Å². The van der Waals surface area contributed by atoms with Crippen LogP contribution in [-0.2, 0) is 10.5 Å². The summed E-state index contributed by atoms with van der Waals surface area (Å²) in [5.74, 6) is 0.872. The third kappa shape index (κ3) is 2.88. The molecular formula is C10H10N2O4S. The van der Waals surface area contributed by atoms with E-state index in [1.165, 1.54) is 11.8 Å². The minimum absolute atomic E-state index is 0.0114. The zero-order chi connectivity index (χ0) is 12.3. The van der Waals surface area contributed by atoms with Crippen LogP contribution in [0.25, 0.3) is 11.6 Å². The van der Waals surface area contributed by atoms with E-state index in [0.29, 0.717) is 23.2 Å². The van der Waals surface area contributed by atoms with E-state index in [4.69, 9.17) is 14.0 Å². The van der Waals surface area contributed by atoms with Crippen LogP contribution < -0.4 is 0 Å². The van der Waals surface area contributed by atoms with E-state index in [-0.39, 0.29) is 5.75 Å². The number of aryl methyl sites for hydroxylation is 1. The Morgan fingerprint density at radius 2 is 2.41 bits per heavy atom. The minimum Gasteiger partial charge on any atom is -0.481 e. The van der Waals surface area contributed by atoms with Crippen molar-refractivity contribution in [2.24, 2.45) is 0 Å². The van der Waals surface area contributed by atoms with Crippen molar-refractivity contribution in [2.45, 2.75) is 12.7 Å². The third-order valence-electron chi connectivity index (χ3n) is 1.98. The van der Waals surface area contributed by atoms with E-state index in [1.807, 2.05) is 13.0 Å². The first kappa shape index (κ1) is 11.7. The molecule has 0 aliphatic carbocycles. The van der Waals surface area contributed by atoms with Crippen molar-refractivity contribution in [3.8, 4) is 11.6 Å². The molecule has 7 heteroatoms. The quantitative estimate of drug-likeness (QED) is 0.872. The van der Waals surface area contributed by atoms with Crippen LogP contribution in [0, 0.1) is 6.92 Å². The molecule has 0 aliphatic heterocycles. The van der Waals surface area contributed by atoms with Gasteiger partial charge >= 0.3 is 5.97 Å². The fourth-order valence-electron chi connectivity index (χ4n) is 1.23. The normalized spacial score (nSPS) is 10.6. The van der Waals surface area contributed by atoms with Crippen LogP contribution in [0.15, 0.2) is 21.3 Å². The molecule has 0 saturated carbocycles. The molecule has 1 N–H and O–H groups in total. The summed E-state index contributed by atoms with van der Waals surface area (Å²) in [6.45, 7) is 1.88. The van der Waals surface area contributed by atoms with Gasteiger partial charge < -0.3 is 14.0 Å². The van der Waals surface area contributed by atoms with Crippen LogP contribution in [0.3, 0.4) is 0 Å². The van der Waals surface area contributed by atoms with Crippen LogP contribution in [0.4, 0.5) is 0 Å². The molecule has 0 radical (unpaired) electrons. The van der Waals surface area contributed by atoms with Crippen LogP contribution in [0.5, 0.6) is 0 Å². The molecule has 0 aliphatic rings. The van der Waals surface area contributed by atoms with Gasteiger partial charge in [0.15, 0.2) is 5.76 Å². The first-order valence-electron chi connectivity index (χ1n) is 4.83. The predicted octanol–water partition coefficient (Wildman–Crippen LogP) is 1.96. The standard InChI is InChI=1S/C10H10N2O4S/c1-6-2-3-15-9(6)10-11-7(16-12-10)4-17-5-8(13)14/h2-3H,4-5H2,1H3,(H,13,14). The van der Waals surface area contributed by atoms with E-state index >= 15 is 0 Å². The lowest BCUT2D eigenvalue weighted by Gasteiger charge is -1.91. The molecule has 0 unspecified atom stereocenters. The first-order valence-corrected chi connectivity index (χ1v) is 5.99. The van der Waals surface area contributed by atoms with Crippen LogP contribution in [0.2, 0.25) is 0 Å². The second-order valence-corrected chi connectivity index (χ2v) is 4.32. The van der Waals surface area contributed by atoms with E-state index in [2.05, 4.69) is 10.1 Å². The van der Waals surface area contributed by atoms with Crippen molar-refractivity contribution in [1.82, 2.24) is 10.1 Å². The van der Waals surface area contributed by atoms with E-state index in [9.17, 15) is 4.79 Å². The summed E-state index contributed by atoms with van der Waals surface area (Å²) in [5, 5.41) is 12.3. The Hall–Kier alpha value is -1.76. The second-order valence-electron chi connectivity index (χ2n) is 3.33. The SMILES string of the molecule is Cc1ccoc1-c1noc(CSCC(=O)O)n1. The van der Waals surface area contributed by atoms with Crippen LogP contribution in [0.1, 0.15) is 11.5 Å². The monoisotopic (exact) mass is 254 g/mol. The average molecular weight is 254 g/mol. The molecular weight excluding hydrogens is 244 g/mol. The summed E-state index contributed by atoms with van der Waals surface area (Å²) >= 11 is 1.20. The topological polar surface area (TPSA) is 89.4 Å². The number of furan rings is 1. The molecule has 17 heavy (non-hydrogen) atoms. The van der Waals surface area contributed by atoms with Crippen LogP contribution in [-0.4, -0.2) is 27.0 Å². The number of nitrogens with zero attached hydrogens (tertiary/aromatic N) is 2. The van der Waals surface area contributed by atoms with Gasteiger partial charge in [-0.15, -0.1) is 11.8 Å². The zero-order valence-corrected chi connectivity index (χ0v) is 9.86. The number of hydrogen-bond donors (Lipinski definition) is 1. The minimum atomic E-state index is -0.864. The molecule has 2 heterocycles. The smallest absolute Gasteiger partial charge is 0.313 e. The molecule has 0 amide bonds. The molecule has 2 rings (SSSR count). The van der Waals surface area contributed by atoms with Crippen molar-refractivity contribution in [2.75, 3.05) is 5.75 Å². The van der Waals surface area contributed by atoms with Gasteiger partial charge in [-0.2, -0.15) is 4.98 Å². The van der Waals surface area contributed by atoms with Crippen molar-refractivity contribution in [3.05, 3.63) is 23.8 Å². The summed E-state index contributed by atoms with van der Waals surface area (Å²) in [6, 6.07) is 1.81. The Balaban J connectivity index is 2.01. The van der Waals surface area contributed by atoms with E-state index in [1.54, 1.807) is 6.26 Å². The number of carboxylic acid groups (broad SMARTS) is 1. The summed E-state index contributed by atoms with van der Waals surface area (Å²) in [4.78, 5) is 14.4. The maximum atomic E-state index is 10.3. The van der Waals surface area contributed by atoms with Gasteiger partial charge in [0.1, 0.15) is 0 Å². The van der Waals surface area contributed by atoms with Gasteiger partial charge in [-0.05, 0) is 18.6 Å². The fraction of sp³-hybridized carbons (Fsp3) is 0.300. The maximum absolute atomic E-state index is 10.3. The summed E-state index contributed by atoms with van der Waals surface area (Å²) in [7, 11) is 0. The van der Waals surface area contributed by atoms with E-state index < -0.39 is 5.97 Å². The molecule has 6 nitrogen and oxygen atoms in total. The third-order valence-corrected chi connectivity index (χ3v) is 2.89. The fourth-order valence-corrected chi connectivity index (χ4v) is 1.80. The molecule has 2 aromatic heterocycles. The highest BCUT2D eigenvalue weighted by Crippen LogP contribution is 2.22. The lowest BCUT2D eigenvalue weighted by Crippen LogP contribution is -1.98. The lowest BCUT2D eigenvalue weighted by atomic mass is 10.3. The number of carboxylic acids is 1. The number of aromatic nitrogens is 2. The Kier molecular flexibility index (Phi) is 3.48. The molecule has 0 fully saturated rings. The Bertz CT molecular complexity index is 520. The van der Waals surface area contributed by atoms with E-state index in [0.717, 1.165) is 5.56 Å². The van der Waals surface area contributed by atoms with Gasteiger partial charge in [-0.25, -0.2) is 0 Å². The van der Waals surface area contributed by atoms with Crippen molar-refractivity contribution < 1.29 is 18.8 Å². The maximum Gasteiger partial charge on any atom is 0.313 e. The molecule has 0 atom stereocenters. The lowest BCUT2D eigenvalue weighted by molar-refractivity contribution is -0.133. The summed E-state index contributed by atoms with van der Waals surface area (Å²) < 4.78 is 10.2. The second kappa shape index (κ2) is 5.05. The Morgan fingerprint density at radius 3 is 3.06 bits per heavy atom. The van der Waals surface area contributed by atoms with Gasteiger partial charge in [-0.3, -0.25) is 4.79 Å². The van der Waals surface area contributed by atoms with Crippen molar-refractivity contribution in [3.63, 3.8) is 0 Å². The van der Waals surface area contributed by atoms with Gasteiger partial charge in [0, 0.05) is 0 Å². The average Bonchev–Trinajstić information content (AvgIpc) is 2.86. The molecule has 0 bridgehead atoms. The number of aliphatic carboxylic acids is 1. The molecule has 0 saturated heterocycles. The molecule has 2 aromatic rings. The molecule has 0 aromatic carbocycles. The number of rotatable bonds is 5. The predicted molar refractivity (Wildman–Crippen MR) is 60.5 cm³/mol. The van der Waals surface area contributed by atoms with Gasteiger partial charge in [-0.1, -0.05) is 5.16 Å². The number of thioether (sulfide) groups is 1. The molecule has 90 valence electrons. The highest BCUT2D eigenvalue weighted by molar-refractivity contribution is 7.99. The number of hydrogen-bond acceptors (Lipinski definition) is 6. The zero-order valence-electron chi connectivity index (χ0n) is 9.04. The first-order chi connectivity index (χ1) is 8.16. The Morgan fingerprint density at radius 1 is 1.59 bits per heavy atom. The highest BCUT2D eigenvalue weighted by Gasteiger charge is 2.13. The Labute approximate surface area is 101 Å². The van der Waals surface area contributed by atoms with Gasteiger partial charge in [0.05, 0.1) is 17.8 Å². The summed E-state index contributed by atoms with van der Waals surface area (Å²) in [5.41, 5.74) is 0.926. The molecule has 0 spiro atoms. The largest absolute Gasteiger partial charge is 0.481 e. The highest BCUT2D eigenvalue weighted by atomic mass is 32.2. The van der Waals surface area contributed by atoms with Gasteiger partial charge in [0.2, 0.25) is 11.7 Å². The van der Waals surface area contributed by atoms with Crippen molar-refractivity contribution in [1.29, 1.82) is 0 Å². The van der Waals surface area contributed by atoms with Crippen LogP contribution >= 0.6 is 11.8 Å². The summed E-state index contributed by atoms with van der Waals surface area (Å²) in [6.07, 6.45) is 1.56. The van der Waals surface area contributed by atoms with Gasteiger partial charge in [0.25, 0.3) is 0 Å². The number of carbonyl (C=O) groups is 1.